The van der Waals surface area contributed by atoms with Gasteiger partial charge in [-0.05, 0) is 28.8 Å². The Morgan fingerprint density at radius 1 is 0.971 bits per heavy atom. The van der Waals surface area contributed by atoms with Gasteiger partial charge in [0.15, 0.2) is 0 Å². The van der Waals surface area contributed by atoms with Crippen LogP contribution in [0.1, 0.15) is 18.1 Å². The first-order valence-electron chi connectivity index (χ1n) is 10.9. The summed E-state index contributed by atoms with van der Waals surface area (Å²) < 4.78 is 1.68. The Hall–Kier alpha value is -4.46. The topological polar surface area (TPSA) is 96.3 Å². The summed E-state index contributed by atoms with van der Waals surface area (Å²) in [7, 11) is 0. The van der Waals surface area contributed by atoms with Gasteiger partial charge in [-0.2, -0.15) is 5.10 Å². The van der Waals surface area contributed by atoms with Crippen LogP contribution in [0.3, 0.4) is 0 Å². The lowest BCUT2D eigenvalue weighted by Gasteiger charge is -2.22. The number of nitrogens with one attached hydrogen (secondary N) is 2. The molecule has 170 valence electrons. The number of urea groups is 1. The zero-order valence-corrected chi connectivity index (χ0v) is 18.6. The number of imide groups is 1. The number of fused-ring (bicyclic) bond motifs is 1. The van der Waals surface area contributed by atoms with Crippen LogP contribution < -0.4 is 10.6 Å². The molecule has 3 aromatic carbocycles. The Morgan fingerprint density at radius 2 is 1.71 bits per heavy atom. The summed E-state index contributed by atoms with van der Waals surface area (Å²) in [5.74, 6) is -0.473. The van der Waals surface area contributed by atoms with E-state index in [-0.39, 0.29) is 0 Å². The molecule has 0 spiro atoms. The van der Waals surface area contributed by atoms with E-state index in [0.29, 0.717) is 17.9 Å². The van der Waals surface area contributed by atoms with E-state index in [1.165, 1.54) is 0 Å². The van der Waals surface area contributed by atoms with Crippen LogP contribution in [0.25, 0.3) is 10.8 Å². The first-order chi connectivity index (χ1) is 16.5. The number of nitrogens with zero attached hydrogens (tertiary/aromatic N) is 3. The van der Waals surface area contributed by atoms with Crippen molar-refractivity contribution in [1.82, 2.24) is 20.0 Å². The van der Waals surface area contributed by atoms with Crippen LogP contribution in [0, 0.1) is 0 Å². The molecule has 1 saturated heterocycles. The van der Waals surface area contributed by atoms with Crippen LogP contribution in [0.5, 0.6) is 0 Å². The number of hydrogen-bond donors (Lipinski definition) is 2. The lowest BCUT2D eigenvalue weighted by molar-refractivity contribution is -0.133. The Morgan fingerprint density at radius 3 is 2.53 bits per heavy atom. The van der Waals surface area contributed by atoms with Crippen LogP contribution >= 0.6 is 0 Å². The quantitative estimate of drug-likeness (QED) is 0.437. The molecule has 8 nitrogen and oxygen atoms in total. The number of carbonyl (C=O) groups excluding carboxylic acids is 3. The van der Waals surface area contributed by atoms with Gasteiger partial charge in [-0.1, -0.05) is 72.8 Å². The molecule has 0 bridgehead atoms. The van der Waals surface area contributed by atoms with Gasteiger partial charge in [0.2, 0.25) is 5.91 Å². The van der Waals surface area contributed by atoms with Gasteiger partial charge < -0.3 is 10.6 Å². The van der Waals surface area contributed by atoms with Crippen LogP contribution in [-0.2, 0) is 21.7 Å². The molecular formula is C26H23N5O3. The van der Waals surface area contributed by atoms with Crippen molar-refractivity contribution in [2.24, 2.45) is 0 Å². The van der Waals surface area contributed by atoms with Gasteiger partial charge in [0.05, 0.1) is 12.7 Å². The minimum Gasteiger partial charge on any atom is -0.319 e. The number of carbonyl (C=O) groups is 3. The number of amides is 4. The van der Waals surface area contributed by atoms with E-state index in [1.54, 1.807) is 48.1 Å². The number of aromatic nitrogens is 2. The van der Waals surface area contributed by atoms with Gasteiger partial charge in [-0.25, -0.2) is 9.48 Å². The third-order valence-corrected chi connectivity index (χ3v) is 6.11. The minimum atomic E-state index is -1.21. The molecule has 0 aliphatic carbocycles. The molecule has 1 aliphatic heterocycles. The second-order valence-corrected chi connectivity index (χ2v) is 8.37. The van der Waals surface area contributed by atoms with Gasteiger partial charge in [0.25, 0.3) is 5.91 Å². The van der Waals surface area contributed by atoms with Crippen molar-refractivity contribution in [3.05, 3.63) is 96.2 Å². The van der Waals surface area contributed by atoms with Crippen molar-refractivity contribution in [3.63, 3.8) is 0 Å². The van der Waals surface area contributed by atoms with Gasteiger partial charge in [0.1, 0.15) is 17.9 Å². The normalized spacial score (nSPS) is 17.7. The van der Waals surface area contributed by atoms with Crippen molar-refractivity contribution in [2.75, 3.05) is 11.9 Å². The molecule has 2 heterocycles. The maximum Gasteiger partial charge on any atom is 0.325 e. The van der Waals surface area contributed by atoms with E-state index in [2.05, 4.69) is 15.7 Å². The molecule has 1 fully saturated rings. The fraction of sp³-hybridized carbons (Fsp3) is 0.154. The minimum absolute atomic E-state index is 0.396. The zero-order chi connectivity index (χ0) is 23.7. The summed E-state index contributed by atoms with van der Waals surface area (Å²) in [6.07, 6.45) is 1.60. The lowest BCUT2D eigenvalue weighted by atomic mass is 9.92. The Balaban J connectivity index is 1.30. The number of anilines is 1. The highest BCUT2D eigenvalue weighted by atomic mass is 16.2. The molecule has 0 saturated carbocycles. The van der Waals surface area contributed by atoms with Crippen molar-refractivity contribution in [2.45, 2.75) is 19.0 Å². The molecule has 1 atom stereocenters. The lowest BCUT2D eigenvalue weighted by Crippen LogP contribution is -2.42. The summed E-state index contributed by atoms with van der Waals surface area (Å²) in [4.78, 5) is 39.3. The largest absolute Gasteiger partial charge is 0.325 e. The van der Waals surface area contributed by atoms with Gasteiger partial charge in [-0.3, -0.25) is 14.5 Å². The smallest absolute Gasteiger partial charge is 0.319 e. The SMILES string of the molecule is CC1(c2ccccc2)NC(=O)N(CC(=O)Nc2ccnn2Cc2cccc3ccccc23)C1=O. The standard InChI is InChI=1S/C26H23N5O3/c1-26(20-11-3-2-4-12-20)24(33)30(25(34)29-26)17-23(32)28-22-14-15-27-31(22)16-19-10-7-9-18-8-5-6-13-21(18)19/h2-15H,16-17H2,1H3,(H,28,32)(H,29,34). The molecule has 2 N–H and O–H groups in total. The summed E-state index contributed by atoms with van der Waals surface area (Å²) in [6, 6.07) is 24.2. The monoisotopic (exact) mass is 453 g/mol. The molecule has 34 heavy (non-hydrogen) atoms. The van der Waals surface area contributed by atoms with Crippen LogP contribution in [0.2, 0.25) is 0 Å². The predicted octanol–water partition coefficient (Wildman–Crippen LogP) is 3.49. The summed E-state index contributed by atoms with van der Waals surface area (Å²) in [5.41, 5.74) is 0.504. The zero-order valence-electron chi connectivity index (χ0n) is 18.6. The number of benzene rings is 3. The maximum absolute atomic E-state index is 13.1. The molecule has 5 rings (SSSR count). The fourth-order valence-corrected chi connectivity index (χ4v) is 4.29. The molecule has 4 amide bonds. The summed E-state index contributed by atoms with van der Waals surface area (Å²) >= 11 is 0. The highest BCUT2D eigenvalue weighted by Gasteiger charge is 2.49. The second kappa shape index (κ2) is 8.47. The Bertz CT molecular complexity index is 1390. The van der Waals surface area contributed by atoms with E-state index < -0.39 is 29.9 Å². The highest BCUT2D eigenvalue weighted by molar-refractivity contribution is 6.10. The number of rotatable bonds is 6. The third kappa shape index (κ3) is 3.79. The molecular weight excluding hydrogens is 430 g/mol. The highest BCUT2D eigenvalue weighted by Crippen LogP contribution is 2.28. The first-order valence-corrected chi connectivity index (χ1v) is 10.9. The van der Waals surface area contributed by atoms with E-state index in [4.69, 9.17) is 0 Å². The van der Waals surface area contributed by atoms with Crippen molar-refractivity contribution in [3.8, 4) is 0 Å². The summed E-state index contributed by atoms with van der Waals surface area (Å²) in [6.45, 7) is 1.70. The molecule has 1 unspecified atom stereocenters. The summed E-state index contributed by atoms with van der Waals surface area (Å²) in [5, 5.41) is 12.1. The van der Waals surface area contributed by atoms with Gasteiger partial charge in [0, 0.05) is 6.07 Å². The van der Waals surface area contributed by atoms with E-state index in [9.17, 15) is 14.4 Å². The Labute approximate surface area is 196 Å². The number of hydrogen-bond acceptors (Lipinski definition) is 4. The fourth-order valence-electron chi connectivity index (χ4n) is 4.29. The first kappa shape index (κ1) is 21.4. The molecule has 0 radical (unpaired) electrons. The molecule has 8 heteroatoms. The molecule has 1 aromatic heterocycles. The molecule has 4 aromatic rings. The van der Waals surface area contributed by atoms with Crippen LogP contribution in [0.15, 0.2) is 85.1 Å². The average molecular weight is 454 g/mol. The Kier molecular flexibility index (Phi) is 5.33. The van der Waals surface area contributed by atoms with Crippen molar-refractivity contribution < 1.29 is 14.4 Å². The van der Waals surface area contributed by atoms with E-state index in [0.717, 1.165) is 21.2 Å². The van der Waals surface area contributed by atoms with Gasteiger partial charge in [-0.15, -0.1) is 0 Å². The third-order valence-electron chi connectivity index (χ3n) is 6.11. The van der Waals surface area contributed by atoms with Gasteiger partial charge >= 0.3 is 6.03 Å². The van der Waals surface area contributed by atoms with Crippen LogP contribution in [-0.4, -0.2) is 39.1 Å². The van der Waals surface area contributed by atoms with Crippen molar-refractivity contribution in [1.29, 1.82) is 0 Å². The molecule has 1 aliphatic rings. The predicted molar refractivity (Wildman–Crippen MR) is 128 cm³/mol. The maximum atomic E-state index is 13.1. The second-order valence-electron chi connectivity index (χ2n) is 8.37. The van der Waals surface area contributed by atoms with E-state index in [1.807, 2.05) is 48.5 Å². The van der Waals surface area contributed by atoms with Crippen molar-refractivity contribution >= 4 is 34.4 Å². The van der Waals surface area contributed by atoms with E-state index >= 15 is 0 Å². The van der Waals surface area contributed by atoms with Crippen LogP contribution in [0.4, 0.5) is 10.6 Å². The average Bonchev–Trinajstić information content (AvgIpc) is 3.37.